The minimum atomic E-state index is -3.45. The summed E-state index contributed by atoms with van der Waals surface area (Å²) in [7, 11) is -2.19. The Morgan fingerprint density at radius 1 is 1.41 bits per heavy atom. The fourth-order valence-corrected chi connectivity index (χ4v) is 4.89. The molecule has 124 valence electrons. The second-order valence-electron chi connectivity index (χ2n) is 5.36. The highest BCUT2D eigenvalue weighted by atomic mass is 32.2. The number of rotatable bonds is 5. The molecule has 0 saturated carbocycles. The molecule has 2 rings (SSSR count). The maximum atomic E-state index is 12.4. The van der Waals surface area contributed by atoms with E-state index in [-0.39, 0.29) is 5.75 Å². The standard InChI is InChI=1S/C13H21N3O4S2/c1-10(12(17)20-3)9-22(18,19)16-6-4-15(5-7-16)13-14-11(2)8-21-13/h8,10H,4-7,9H2,1-3H3/t10-/m1/s1. The molecule has 7 nitrogen and oxygen atoms in total. The van der Waals surface area contributed by atoms with E-state index in [1.165, 1.54) is 11.4 Å². The Kier molecular flexibility index (Phi) is 5.41. The topological polar surface area (TPSA) is 79.8 Å². The molecular weight excluding hydrogens is 326 g/mol. The highest BCUT2D eigenvalue weighted by molar-refractivity contribution is 7.89. The number of ether oxygens (including phenoxy) is 1. The molecule has 0 amide bonds. The molecule has 0 spiro atoms. The maximum Gasteiger partial charge on any atom is 0.309 e. The summed E-state index contributed by atoms with van der Waals surface area (Å²) in [6.07, 6.45) is 0. The molecule has 1 aliphatic rings. The first kappa shape index (κ1) is 17.2. The number of sulfonamides is 1. The van der Waals surface area contributed by atoms with E-state index < -0.39 is 21.9 Å². The number of thiazole rings is 1. The third-order valence-corrected chi connectivity index (χ3v) is 6.67. The van der Waals surface area contributed by atoms with Gasteiger partial charge in [-0.3, -0.25) is 4.79 Å². The largest absolute Gasteiger partial charge is 0.469 e. The molecule has 1 aromatic heterocycles. The van der Waals surface area contributed by atoms with Crippen molar-refractivity contribution in [3.63, 3.8) is 0 Å². The Labute approximate surface area is 134 Å². The summed E-state index contributed by atoms with van der Waals surface area (Å²) < 4.78 is 30.7. The monoisotopic (exact) mass is 347 g/mol. The maximum absolute atomic E-state index is 12.4. The van der Waals surface area contributed by atoms with E-state index in [0.29, 0.717) is 26.2 Å². The molecule has 0 bridgehead atoms. The van der Waals surface area contributed by atoms with Gasteiger partial charge in [-0.2, -0.15) is 4.31 Å². The second kappa shape index (κ2) is 6.93. The molecule has 0 unspecified atom stereocenters. The van der Waals surface area contributed by atoms with Gasteiger partial charge >= 0.3 is 5.97 Å². The third-order valence-electron chi connectivity index (χ3n) is 3.57. The van der Waals surface area contributed by atoms with Gasteiger partial charge in [0.2, 0.25) is 10.0 Å². The fraction of sp³-hybridized carbons (Fsp3) is 0.692. The Hall–Kier alpha value is -1.19. The van der Waals surface area contributed by atoms with Gasteiger partial charge in [-0.15, -0.1) is 11.3 Å². The number of carbonyl (C=O) groups is 1. The first-order valence-electron chi connectivity index (χ1n) is 7.06. The molecule has 22 heavy (non-hydrogen) atoms. The number of anilines is 1. The number of esters is 1. The van der Waals surface area contributed by atoms with Crippen molar-refractivity contribution in [1.29, 1.82) is 0 Å². The summed E-state index contributed by atoms with van der Waals surface area (Å²) in [5.74, 6) is -1.37. The average molecular weight is 347 g/mol. The zero-order chi connectivity index (χ0) is 16.3. The molecule has 2 heterocycles. The number of aryl methyl sites for hydroxylation is 1. The number of piperazine rings is 1. The molecule has 9 heteroatoms. The molecule has 1 aliphatic heterocycles. The Morgan fingerprint density at radius 3 is 2.55 bits per heavy atom. The number of hydrogen-bond donors (Lipinski definition) is 0. The van der Waals surface area contributed by atoms with Gasteiger partial charge in [0.1, 0.15) is 0 Å². The zero-order valence-electron chi connectivity index (χ0n) is 13.0. The van der Waals surface area contributed by atoms with Crippen molar-refractivity contribution in [2.45, 2.75) is 13.8 Å². The predicted octanol–water partition coefficient (Wildman–Crippen LogP) is 0.712. The lowest BCUT2D eigenvalue weighted by Gasteiger charge is -2.34. The van der Waals surface area contributed by atoms with Crippen LogP contribution in [0.2, 0.25) is 0 Å². The van der Waals surface area contributed by atoms with E-state index >= 15 is 0 Å². The van der Waals surface area contributed by atoms with E-state index in [1.807, 2.05) is 12.3 Å². The molecule has 1 atom stereocenters. The van der Waals surface area contributed by atoms with E-state index in [9.17, 15) is 13.2 Å². The number of aromatic nitrogens is 1. The smallest absolute Gasteiger partial charge is 0.309 e. The van der Waals surface area contributed by atoms with Crippen LogP contribution in [-0.2, 0) is 19.6 Å². The SMILES string of the molecule is COC(=O)[C@H](C)CS(=O)(=O)N1CCN(c2nc(C)cs2)CC1. The van der Waals surface area contributed by atoms with Crippen LogP contribution in [0.1, 0.15) is 12.6 Å². The Bertz CT molecular complexity index is 621. The van der Waals surface area contributed by atoms with Crippen LogP contribution in [0.5, 0.6) is 0 Å². The molecular formula is C13H21N3O4S2. The zero-order valence-corrected chi connectivity index (χ0v) is 14.6. The Balaban J connectivity index is 1.94. The van der Waals surface area contributed by atoms with Crippen molar-refractivity contribution in [2.24, 2.45) is 5.92 Å². The summed E-state index contributed by atoms with van der Waals surface area (Å²) in [6, 6.07) is 0. The minimum Gasteiger partial charge on any atom is -0.469 e. The number of nitrogens with zero attached hydrogens (tertiary/aromatic N) is 3. The Morgan fingerprint density at radius 2 is 2.05 bits per heavy atom. The van der Waals surface area contributed by atoms with E-state index in [0.717, 1.165) is 10.8 Å². The third kappa shape index (κ3) is 3.96. The summed E-state index contributed by atoms with van der Waals surface area (Å²) in [6.45, 7) is 5.55. The highest BCUT2D eigenvalue weighted by Gasteiger charge is 2.31. The van der Waals surface area contributed by atoms with Crippen LogP contribution in [0, 0.1) is 12.8 Å². The van der Waals surface area contributed by atoms with Crippen molar-refractivity contribution in [1.82, 2.24) is 9.29 Å². The molecule has 0 aliphatic carbocycles. The van der Waals surface area contributed by atoms with Gasteiger partial charge in [0, 0.05) is 31.6 Å². The quantitative estimate of drug-likeness (QED) is 0.730. The van der Waals surface area contributed by atoms with Crippen LogP contribution < -0.4 is 4.90 Å². The van der Waals surface area contributed by atoms with Crippen LogP contribution >= 0.6 is 11.3 Å². The number of hydrogen-bond acceptors (Lipinski definition) is 7. The molecule has 1 fully saturated rings. The van der Waals surface area contributed by atoms with Gasteiger partial charge < -0.3 is 9.64 Å². The van der Waals surface area contributed by atoms with Crippen LogP contribution in [0.4, 0.5) is 5.13 Å². The molecule has 0 aromatic carbocycles. The second-order valence-corrected chi connectivity index (χ2v) is 8.21. The molecule has 1 aromatic rings. The van der Waals surface area contributed by atoms with Gasteiger partial charge in [0.25, 0.3) is 0 Å². The van der Waals surface area contributed by atoms with Gasteiger partial charge in [-0.05, 0) is 6.92 Å². The van der Waals surface area contributed by atoms with Gasteiger partial charge in [-0.25, -0.2) is 13.4 Å². The van der Waals surface area contributed by atoms with Crippen molar-refractivity contribution < 1.29 is 17.9 Å². The lowest BCUT2D eigenvalue weighted by atomic mass is 10.2. The van der Waals surface area contributed by atoms with Crippen LogP contribution in [0.15, 0.2) is 5.38 Å². The number of carbonyl (C=O) groups excluding carboxylic acids is 1. The van der Waals surface area contributed by atoms with Gasteiger partial charge in [0.15, 0.2) is 5.13 Å². The minimum absolute atomic E-state index is 0.212. The average Bonchev–Trinajstić information content (AvgIpc) is 2.92. The molecule has 1 saturated heterocycles. The van der Waals surface area contributed by atoms with Crippen molar-refractivity contribution in [3.05, 3.63) is 11.1 Å². The lowest BCUT2D eigenvalue weighted by Crippen LogP contribution is -2.50. The van der Waals surface area contributed by atoms with Crippen molar-refractivity contribution in [3.8, 4) is 0 Å². The highest BCUT2D eigenvalue weighted by Crippen LogP contribution is 2.22. The van der Waals surface area contributed by atoms with Crippen molar-refractivity contribution in [2.75, 3.05) is 43.9 Å². The fourth-order valence-electron chi connectivity index (χ4n) is 2.33. The predicted molar refractivity (Wildman–Crippen MR) is 85.6 cm³/mol. The van der Waals surface area contributed by atoms with Crippen LogP contribution in [0.3, 0.4) is 0 Å². The van der Waals surface area contributed by atoms with Crippen LogP contribution in [-0.4, -0.2) is 62.7 Å². The summed E-state index contributed by atoms with van der Waals surface area (Å²) >= 11 is 1.57. The van der Waals surface area contributed by atoms with Crippen LogP contribution in [0.25, 0.3) is 0 Å². The van der Waals surface area contributed by atoms with E-state index in [4.69, 9.17) is 0 Å². The lowest BCUT2D eigenvalue weighted by molar-refractivity contribution is -0.144. The summed E-state index contributed by atoms with van der Waals surface area (Å²) in [5.41, 5.74) is 0.974. The van der Waals surface area contributed by atoms with Crippen molar-refractivity contribution >= 4 is 32.5 Å². The van der Waals surface area contributed by atoms with E-state index in [1.54, 1.807) is 18.3 Å². The summed E-state index contributed by atoms with van der Waals surface area (Å²) in [4.78, 5) is 17.9. The van der Waals surface area contributed by atoms with E-state index in [2.05, 4.69) is 14.6 Å². The first-order chi connectivity index (χ1) is 10.3. The normalized spacial score (nSPS) is 18.2. The molecule has 0 radical (unpaired) electrons. The first-order valence-corrected chi connectivity index (χ1v) is 9.55. The number of methoxy groups -OCH3 is 1. The summed E-state index contributed by atoms with van der Waals surface area (Å²) in [5, 5.41) is 2.91. The molecule has 0 N–H and O–H groups in total. The van der Waals surface area contributed by atoms with Gasteiger partial charge in [-0.1, -0.05) is 6.92 Å². The van der Waals surface area contributed by atoms with Gasteiger partial charge in [0.05, 0.1) is 24.5 Å².